The fraction of sp³-hybridized carbons (Fsp3) is 0.562. The van der Waals surface area contributed by atoms with Gasteiger partial charge in [0.2, 0.25) is 0 Å². The maximum atomic E-state index is 12.4. The number of aliphatic hydroxyl groups excluding tert-OH is 1. The Morgan fingerprint density at radius 3 is 2.65 bits per heavy atom. The number of hydrogen-bond acceptors (Lipinski definition) is 3. The average molecular weight is 276 g/mol. The van der Waals surface area contributed by atoms with Gasteiger partial charge >= 0.3 is 0 Å². The van der Waals surface area contributed by atoms with Crippen molar-refractivity contribution in [1.82, 2.24) is 5.32 Å². The number of nitrogens with one attached hydrogen (secondary N) is 2. The van der Waals surface area contributed by atoms with Crippen LogP contribution in [0.15, 0.2) is 18.2 Å². The van der Waals surface area contributed by atoms with E-state index in [1.165, 1.54) is 0 Å². The summed E-state index contributed by atoms with van der Waals surface area (Å²) in [6, 6.07) is 6.07. The summed E-state index contributed by atoms with van der Waals surface area (Å²) in [5, 5.41) is 15.8. The predicted octanol–water partition coefficient (Wildman–Crippen LogP) is 2.46. The van der Waals surface area contributed by atoms with Gasteiger partial charge in [-0.2, -0.15) is 0 Å². The van der Waals surface area contributed by atoms with Crippen molar-refractivity contribution >= 4 is 11.6 Å². The molecule has 0 radical (unpaired) electrons. The van der Waals surface area contributed by atoms with Crippen LogP contribution >= 0.6 is 0 Å². The van der Waals surface area contributed by atoms with Gasteiger partial charge in [0.1, 0.15) is 0 Å². The lowest BCUT2D eigenvalue weighted by atomic mass is 9.93. The van der Waals surface area contributed by atoms with Gasteiger partial charge in [-0.25, -0.2) is 0 Å². The topological polar surface area (TPSA) is 61.4 Å². The Labute approximate surface area is 120 Å². The summed E-state index contributed by atoms with van der Waals surface area (Å²) in [6.07, 6.45) is 3.07. The Kier molecular flexibility index (Phi) is 5.01. The lowest BCUT2D eigenvalue weighted by Crippen LogP contribution is -2.38. The molecule has 0 saturated heterocycles. The van der Waals surface area contributed by atoms with Crippen molar-refractivity contribution in [1.29, 1.82) is 0 Å². The quantitative estimate of drug-likeness (QED) is 0.791. The number of amides is 1. The van der Waals surface area contributed by atoms with Gasteiger partial charge in [0, 0.05) is 18.3 Å². The molecule has 110 valence electrons. The van der Waals surface area contributed by atoms with E-state index in [9.17, 15) is 9.90 Å². The third-order valence-electron chi connectivity index (χ3n) is 3.82. The van der Waals surface area contributed by atoms with E-state index in [4.69, 9.17) is 0 Å². The number of carbonyl (C=O) groups excluding carboxylic acids is 1. The molecular formula is C16H24N2O2. The highest BCUT2D eigenvalue weighted by Gasteiger charge is 2.22. The molecule has 0 heterocycles. The van der Waals surface area contributed by atoms with Crippen molar-refractivity contribution in [2.24, 2.45) is 0 Å². The molecule has 1 aromatic carbocycles. The van der Waals surface area contributed by atoms with Crippen LogP contribution in [0.25, 0.3) is 0 Å². The van der Waals surface area contributed by atoms with E-state index in [-0.39, 0.29) is 18.1 Å². The first-order valence-corrected chi connectivity index (χ1v) is 7.43. The summed E-state index contributed by atoms with van der Waals surface area (Å²) in [5.74, 6) is -0.0222. The molecule has 0 unspecified atom stereocenters. The van der Waals surface area contributed by atoms with Gasteiger partial charge in [-0.05, 0) is 51.7 Å². The fourth-order valence-corrected chi connectivity index (χ4v) is 2.67. The van der Waals surface area contributed by atoms with Crippen LogP contribution in [0.5, 0.6) is 0 Å². The molecule has 0 aromatic heterocycles. The van der Waals surface area contributed by atoms with Crippen molar-refractivity contribution in [3.8, 4) is 0 Å². The van der Waals surface area contributed by atoms with Gasteiger partial charge in [-0.3, -0.25) is 4.79 Å². The molecule has 3 N–H and O–H groups in total. The first-order chi connectivity index (χ1) is 9.60. The smallest absolute Gasteiger partial charge is 0.253 e. The van der Waals surface area contributed by atoms with E-state index < -0.39 is 0 Å². The third kappa shape index (κ3) is 3.73. The second kappa shape index (κ2) is 6.75. The summed E-state index contributed by atoms with van der Waals surface area (Å²) >= 11 is 0. The summed E-state index contributed by atoms with van der Waals surface area (Å²) < 4.78 is 0. The van der Waals surface area contributed by atoms with Crippen molar-refractivity contribution in [3.63, 3.8) is 0 Å². The molecule has 1 aliphatic rings. The van der Waals surface area contributed by atoms with Gasteiger partial charge < -0.3 is 15.7 Å². The minimum atomic E-state index is -0.195. The van der Waals surface area contributed by atoms with E-state index in [1.54, 1.807) is 0 Å². The minimum Gasteiger partial charge on any atom is -0.393 e. The zero-order valence-electron chi connectivity index (χ0n) is 12.3. The number of carbonyl (C=O) groups is 1. The summed E-state index contributed by atoms with van der Waals surface area (Å²) in [5.41, 5.74) is 2.67. The molecule has 0 atom stereocenters. The van der Waals surface area contributed by atoms with Crippen molar-refractivity contribution < 1.29 is 9.90 Å². The van der Waals surface area contributed by atoms with E-state index >= 15 is 0 Å². The molecule has 1 aromatic rings. The highest BCUT2D eigenvalue weighted by molar-refractivity contribution is 6.00. The van der Waals surface area contributed by atoms with Gasteiger partial charge in [0.25, 0.3) is 5.91 Å². The number of aryl methyl sites for hydroxylation is 1. The monoisotopic (exact) mass is 276 g/mol. The second-order valence-electron chi connectivity index (χ2n) is 5.56. The van der Waals surface area contributed by atoms with Crippen LogP contribution in [-0.2, 0) is 0 Å². The third-order valence-corrected chi connectivity index (χ3v) is 3.82. The van der Waals surface area contributed by atoms with Crippen LogP contribution in [0, 0.1) is 6.92 Å². The molecule has 4 heteroatoms. The molecule has 0 bridgehead atoms. The zero-order chi connectivity index (χ0) is 14.5. The molecular weight excluding hydrogens is 252 g/mol. The fourth-order valence-electron chi connectivity index (χ4n) is 2.67. The van der Waals surface area contributed by atoms with Crippen LogP contribution < -0.4 is 10.6 Å². The Morgan fingerprint density at radius 2 is 2.00 bits per heavy atom. The Balaban J connectivity index is 2.06. The van der Waals surface area contributed by atoms with Crippen molar-refractivity contribution in [2.75, 3.05) is 11.9 Å². The highest BCUT2D eigenvalue weighted by Crippen LogP contribution is 2.21. The molecule has 2 rings (SSSR count). The normalized spacial score (nSPS) is 22.4. The van der Waals surface area contributed by atoms with Crippen molar-refractivity contribution in [3.05, 3.63) is 29.3 Å². The van der Waals surface area contributed by atoms with Crippen LogP contribution in [-0.4, -0.2) is 29.7 Å². The van der Waals surface area contributed by atoms with Gasteiger partial charge in [0.05, 0.1) is 11.7 Å². The van der Waals surface area contributed by atoms with E-state index in [2.05, 4.69) is 10.6 Å². The lowest BCUT2D eigenvalue weighted by Gasteiger charge is -2.26. The minimum absolute atomic E-state index is 0.0222. The Morgan fingerprint density at radius 1 is 1.30 bits per heavy atom. The molecule has 0 spiro atoms. The highest BCUT2D eigenvalue weighted by atomic mass is 16.3. The maximum Gasteiger partial charge on any atom is 0.253 e. The van der Waals surface area contributed by atoms with Gasteiger partial charge in [-0.1, -0.05) is 11.6 Å². The molecule has 1 saturated carbocycles. The van der Waals surface area contributed by atoms with Crippen LogP contribution in [0.3, 0.4) is 0 Å². The second-order valence-corrected chi connectivity index (χ2v) is 5.56. The number of hydrogen-bond donors (Lipinski definition) is 3. The first-order valence-electron chi connectivity index (χ1n) is 7.43. The van der Waals surface area contributed by atoms with E-state index in [0.29, 0.717) is 5.56 Å². The van der Waals surface area contributed by atoms with E-state index in [1.807, 2.05) is 32.0 Å². The molecule has 20 heavy (non-hydrogen) atoms. The van der Waals surface area contributed by atoms with E-state index in [0.717, 1.165) is 43.5 Å². The SMILES string of the molecule is CCNc1ccc(C)cc1C(=O)NC1CCC(O)CC1. The predicted molar refractivity (Wildman–Crippen MR) is 81.1 cm³/mol. The van der Waals surface area contributed by atoms with Crippen LogP contribution in [0.4, 0.5) is 5.69 Å². The standard InChI is InChI=1S/C16H24N2O2/c1-3-17-15-9-4-11(2)10-14(15)16(20)18-12-5-7-13(19)8-6-12/h4,9-10,12-13,17,19H,3,5-8H2,1-2H3,(H,18,20). The number of aliphatic hydroxyl groups is 1. The van der Waals surface area contributed by atoms with Gasteiger partial charge in [0.15, 0.2) is 0 Å². The molecule has 4 nitrogen and oxygen atoms in total. The average Bonchev–Trinajstić information content (AvgIpc) is 2.43. The van der Waals surface area contributed by atoms with Crippen molar-refractivity contribution in [2.45, 2.75) is 51.7 Å². The Hall–Kier alpha value is -1.55. The molecule has 1 aliphatic carbocycles. The molecule has 0 aliphatic heterocycles. The van der Waals surface area contributed by atoms with Gasteiger partial charge in [-0.15, -0.1) is 0 Å². The Bertz CT molecular complexity index is 466. The number of rotatable bonds is 4. The summed E-state index contributed by atoms with van der Waals surface area (Å²) in [7, 11) is 0. The molecule has 1 amide bonds. The molecule has 1 fully saturated rings. The lowest BCUT2D eigenvalue weighted by molar-refractivity contribution is 0.0868. The van der Waals surface area contributed by atoms with Crippen LogP contribution in [0.1, 0.15) is 48.5 Å². The first kappa shape index (κ1) is 14.9. The van der Waals surface area contributed by atoms with Crippen LogP contribution in [0.2, 0.25) is 0 Å². The zero-order valence-corrected chi connectivity index (χ0v) is 12.3. The summed E-state index contributed by atoms with van der Waals surface area (Å²) in [6.45, 7) is 4.80. The summed E-state index contributed by atoms with van der Waals surface area (Å²) in [4.78, 5) is 12.4. The number of anilines is 1. The number of benzene rings is 1. The largest absolute Gasteiger partial charge is 0.393 e. The maximum absolute atomic E-state index is 12.4.